The Balaban J connectivity index is 1.52. The van der Waals surface area contributed by atoms with Gasteiger partial charge in [0.15, 0.2) is 0 Å². The molecule has 1 N–H and O–H groups in total. The fourth-order valence-corrected chi connectivity index (χ4v) is 5.96. The zero-order valence-corrected chi connectivity index (χ0v) is 22.1. The standard InChI is InChI=1S/C30H34ClN3O3/c1-2-37-30(36)21-12-16-23(17-13-21)32-29(35)27(20-8-4-3-5-9-20)28-25-10-6-7-11-26(25)33-34(28)24-18-14-22(31)15-19-24/h12-20,27H,2-11H2,1H3,(H,32,35). The summed E-state index contributed by atoms with van der Waals surface area (Å²) in [6, 6.07) is 14.7. The molecule has 1 heterocycles. The van der Waals surface area contributed by atoms with Crippen molar-refractivity contribution in [2.75, 3.05) is 11.9 Å². The van der Waals surface area contributed by atoms with Gasteiger partial charge in [-0.1, -0.05) is 30.9 Å². The van der Waals surface area contributed by atoms with E-state index in [0.29, 0.717) is 22.9 Å². The fourth-order valence-electron chi connectivity index (χ4n) is 5.83. The zero-order valence-electron chi connectivity index (χ0n) is 21.3. The molecule has 3 aromatic rings. The van der Waals surface area contributed by atoms with Gasteiger partial charge in [-0.15, -0.1) is 0 Å². The van der Waals surface area contributed by atoms with Crippen LogP contribution in [0.15, 0.2) is 48.5 Å². The summed E-state index contributed by atoms with van der Waals surface area (Å²) in [7, 11) is 0. The van der Waals surface area contributed by atoms with E-state index in [2.05, 4.69) is 5.32 Å². The highest BCUT2D eigenvalue weighted by atomic mass is 35.5. The monoisotopic (exact) mass is 519 g/mol. The molecule has 37 heavy (non-hydrogen) atoms. The minimum absolute atomic E-state index is 0.0146. The molecule has 1 aromatic heterocycles. The number of anilines is 1. The first kappa shape index (κ1) is 25.5. The number of benzene rings is 2. The molecule has 2 aromatic carbocycles. The lowest BCUT2D eigenvalue weighted by Gasteiger charge is -2.31. The Kier molecular flexibility index (Phi) is 7.94. The van der Waals surface area contributed by atoms with Crippen LogP contribution in [0.4, 0.5) is 5.69 Å². The molecule has 1 unspecified atom stereocenters. The molecule has 0 aliphatic heterocycles. The largest absolute Gasteiger partial charge is 0.462 e. The van der Waals surface area contributed by atoms with Gasteiger partial charge in [-0.2, -0.15) is 5.10 Å². The van der Waals surface area contributed by atoms with Crippen molar-refractivity contribution in [3.63, 3.8) is 0 Å². The molecular weight excluding hydrogens is 486 g/mol. The molecule has 1 saturated carbocycles. The molecule has 7 heteroatoms. The third kappa shape index (κ3) is 5.59. The molecule has 2 aliphatic rings. The number of esters is 1. The molecule has 1 atom stereocenters. The highest BCUT2D eigenvalue weighted by molar-refractivity contribution is 6.30. The van der Waals surface area contributed by atoms with Gasteiger partial charge in [0, 0.05) is 10.7 Å². The number of amides is 1. The number of fused-ring (bicyclic) bond motifs is 1. The minimum Gasteiger partial charge on any atom is -0.462 e. The van der Waals surface area contributed by atoms with E-state index in [1.54, 1.807) is 31.2 Å². The van der Waals surface area contributed by atoms with E-state index in [-0.39, 0.29) is 23.7 Å². The molecule has 2 aliphatic carbocycles. The van der Waals surface area contributed by atoms with Crippen LogP contribution in [0, 0.1) is 5.92 Å². The lowest BCUT2D eigenvalue weighted by molar-refractivity contribution is -0.119. The molecule has 1 amide bonds. The first-order valence-corrected chi connectivity index (χ1v) is 13.9. The van der Waals surface area contributed by atoms with Crippen LogP contribution in [0.1, 0.15) is 85.1 Å². The Bertz CT molecular complexity index is 1240. The number of aromatic nitrogens is 2. The van der Waals surface area contributed by atoms with Gasteiger partial charge in [0.25, 0.3) is 0 Å². The normalized spacial score (nSPS) is 16.6. The number of carbonyl (C=O) groups is 2. The van der Waals surface area contributed by atoms with Gasteiger partial charge in [-0.3, -0.25) is 4.79 Å². The third-order valence-electron chi connectivity index (χ3n) is 7.63. The molecule has 194 valence electrons. The molecular formula is C30H34ClN3O3. The highest BCUT2D eigenvalue weighted by Crippen LogP contribution is 2.41. The predicted molar refractivity (Wildman–Crippen MR) is 146 cm³/mol. The molecule has 0 radical (unpaired) electrons. The van der Waals surface area contributed by atoms with Crippen LogP contribution in [-0.4, -0.2) is 28.3 Å². The van der Waals surface area contributed by atoms with E-state index in [9.17, 15) is 9.59 Å². The number of nitrogens with one attached hydrogen (secondary N) is 1. The van der Waals surface area contributed by atoms with Crippen LogP contribution in [-0.2, 0) is 22.4 Å². The third-order valence-corrected chi connectivity index (χ3v) is 7.88. The van der Waals surface area contributed by atoms with Crippen LogP contribution in [0.3, 0.4) is 0 Å². The molecule has 0 spiro atoms. The van der Waals surface area contributed by atoms with E-state index in [4.69, 9.17) is 21.4 Å². The number of hydrogen-bond acceptors (Lipinski definition) is 4. The minimum atomic E-state index is -0.362. The Morgan fingerprint density at radius 2 is 1.70 bits per heavy atom. The summed E-state index contributed by atoms with van der Waals surface area (Å²) >= 11 is 6.19. The van der Waals surface area contributed by atoms with Crippen molar-refractivity contribution in [2.24, 2.45) is 5.92 Å². The lowest BCUT2D eigenvalue weighted by Crippen LogP contribution is -2.31. The number of hydrogen-bond donors (Lipinski definition) is 1. The molecule has 1 fully saturated rings. The van der Waals surface area contributed by atoms with Crippen LogP contribution < -0.4 is 5.32 Å². The van der Waals surface area contributed by atoms with Crippen molar-refractivity contribution in [3.05, 3.63) is 76.1 Å². The van der Waals surface area contributed by atoms with Crippen LogP contribution >= 0.6 is 11.6 Å². The molecule has 6 nitrogen and oxygen atoms in total. The van der Waals surface area contributed by atoms with E-state index < -0.39 is 0 Å². The second kappa shape index (κ2) is 11.5. The van der Waals surface area contributed by atoms with E-state index in [1.807, 2.05) is 28.9 Å². The second-order valence-corrected chi connectivity index (χ2v) is 10.5. The van der Waals surface area contributed by atoms with Gasteiger partial charge < -0.3 is 10.1 Å². The summed E-state index contributed by atoms with van der Waals surface area (Å²) in [6.07, 6.45) is 9.67. The van der Waals surface area contributed by atoms with Crippen LogP contribution in [0.2, 0.25) is 5.02 Å². The number of nitrogens with zero attached hydrogens (tertiary/aromatic N) is 2. The molecule has 0 saturated heterocycles. The topological polar surface area (TPSA) is 73.2 Å². The molecule has 5 rings (SSSR count). The van der Waals surface area contributed by atoms with Crippen LogP contribution in [0.5, 0.6) is 0 Å². The van der Waals surface area contributed by atoms with Crippen molar-refractivity contribution in [2.45, 2.75) is 70.6 Å². The van der Waals surface area contributed by atoms with E-state index in [0.717, 1.165) is 68.4 Å². The van der Waals surface area contributed by atoms with Crippen molar-refractivity contribution >= 4 is 29.2 Å². The van der Waals surface area contributed by atoms with Crippen molar-refractivity contribution in [1.29, 1.82) is 0 Å². The summed E-state index contributed by atoms with van der Waals surface area (Å²) in [4.78, 5) is 26.1. The number of rotatable bonds is 7. The maximum atomic E-state index is 14.1. The summed E-state index contributed by atoms with van der Waals surface area (Å²) in [5.74, 6) is -0.436. The van der Waals surface area contributed by atoms with Crippen molar-refractivity contribution in [1.82, 2.24) is 9.78 Å². The van der Waals surface area contributed by atoms with E-state index in [1.165, 1.54) is 12.0 Å². The van der Waals surface area contributed by atoms with Crippen molar-refractivity contribution < 1.29 is 14.3 Å². The number of carbonyl (C=O) groups excluding carboxylic acids is 2. The Morgan fingerprint density at radius 1 is 1.00 bits per heavy atom. The Hall–Kier alpha value is -3.12. The maximum absolute atomic E-state index is 14.1. The van der Waals surface area contributed by atoms with Gasteiger partial charge in [0.1, 0.15) is 0 Å². The average molecular weight is 520 g/mol. The first-order valence-electron chi connectivity index (χ1n) is 13.5. The fraction of sp³-hybridized carbons (Fsp3) is 0.433. The molecule has 0 bridgehead atoms. The summed E-state index contributed by atoms with van der Waals surface area (Å²) in [5, 5.41) is 8.89. The van der Waals surface area contributed by atoms with Gasteiger partial charge in [0.05, 0.1) is 35.2 Å². The number of halogens is 1. The predicted octanol–water partition coefficient (Wildman–Crippen LogP) is 6.88. The number of ether oxygens (including phenoxy) is 1. The van der Waals surface area contributed by atoms with Crippen LogP contribution in [0.25, 0.3) is 5.69 Å². The van der Waals surface area contributed by atoms with E-state index >= 15 is 0 Å². The summed E-state index contributed by atoms with van der Waals surface area (Å²) in [6.45, 7) is 2.11. The highest BCUT2D eigenvalue weighted by Gasteiger charge is 2.37. The van der Waals surface area contributed by atoms with Gasteiger partial charge in [-0.25, -0.2) is 9.48 Å². The van der Waals surface area contributed by atoms with Gasteiger partial charge in [0.2, 0.25) is 5.91 Å². The SMILES string of the molecule is CCOC(=O)c1ccc(NC(=O)C(c2c3c(nn2-c2ccc(Cl)cc2)CCCC3)C2CCCCC2)cc1. The average Bonchev–Trinajstić information content (AvgIpc) is 3.29. The lowest BCUT2D eigenvalue weighted by atomic mass is 9.76. The maximum Gasteiger partial charge on any atom is 0.338 e. The first-order chi connectivity index (χ1) is 18.0. The van der Waals surface area contributed by atoms with Gasteiger partial charge in [-0.05, 0) is 105 Å². The van der Waals surface area contributed by atoms with Gasteiger partial charge >= 0.3 is 5.97 Å². The quantitative estimate of drug-likeness (QED) is 0.345. The smallest absolute Gasteiger partial charge is 0.338 e. The second-order valence-electron chi connectivity index (χ2n) is 10.1. The zero-order chi connectivity index (χ0) is 25.8. The number of aryl methyl sites for hydroxylation is 1. The summed E-state index contributed by atoms with van der Waals surface area (Å²) < 4.78 is 7.10. The Labute approximate surface area is 223 Å². The van der Waals surface area contributed by atoms with Crippen molar-refractivity contribution in [3.8, 4) is 5.69 Å². The Morgan fingerprint density at radius 3 is 2.41 bits per heavy atom. The summed E-state index contributed by atoms with van der Waals surface area (Å²) in [5.41, 5.74) is 5.46.